The van der Waals surface area contributed by atoms with Gasteiger partial charge in [0.25, 0.3) is 0 Å². The molecular weight excluding hydrogens is 398 g/mol. The Bertz CT molecular complexity index is 849. The minimum Gasteiger partial charge on any atom is -0.516 e. The Morgan fingerprint density at radius 2 is 1.84 bits per heavy atom. The molecule has 0 heterocycles. The highest BCUT2D eigenvalue weighted by molar-refractivity contribution is 5.80. The summed E-state index contributed by atoms with van der Waals surface area (Å²) in [5.41, 5.74) is 4.02. The first-order valence-corrected chi connectivity index (χ1v) is 12.8. The minimum atomic E-state index is 0.106. The summed E-state index contributed by atoms with van der Waals surface area (Å²) in [5.74, 6) is 5.35. The standard InChI is InChI=1S/C28H41NO3/c1-18(2)16-29-26(32)25-10-9-23-21-7-8-22-20(6-5-13-30)14-19(17-31)15-28(22,4)24(21)11-12-27(23,25)3/h6,17-18,20-25,31H,7-12,14-16H2,1-4H3,(H,29,32)/t20?,21-,22?,23-,24-,25+,27-,28-/m0/s1. The first kappa shape index (κ1) is 23.4. The zero-order valence-corrected chi connectivity index (χ0v) is 20.3. The zero-order chi connectivity index (χ0) is 23.1. The number of aliphatic hydroxyl groups excluding tert-OH is 1. The fraction of sp³-hybridized carbons (Fsp3) is 0.786. The number of hydrogen-bond acceptors (Lipinski definition) is 3. The van der Waals surface area contributed by atoms with Crippen LogP contribution in [0.4, 0.5) is 0 Å². The molecule has 4 fully saturated rings. The lowest BCUT2D eigenvalue weighted by molar-refractivity contribution is -0.137. The maximum Gasteiger partial charge on any atom is 0.223 e. The van der Waals surface area contributed by atoms with Gasteiger partial charge in [0.05, 0.1) is 6.26 Å². The number of nitrogens with one attached hydrogen (secondary N) is 1. The Labute approximate surface area is 193 Å². The summed E-state index contributed by atoms with van der Waals surface area (Å²) in [4.78, 5) is 23.9. The topological polar surface area (TPSA) is 66.4 Å². The van der Waals surface area contributed by atoms with Crippen LogP contribution in [-0.2, 0) is 9.59 Å². The highest BCUT2D eigenvalue weighted by atomic mass is 16.2. The second-order valence-corrected chi connectivity index (χ2v) is 12.1. The van der Waals surface area contributed by atoms with Crippen LogP contribution in [0.15, 0.2) is 23.6 Å². The van der Waals surface area contributed by atoms with E-state index in [9.17, 15) is 14.7 Å². The largest absolute Gasteiger partial charge is 0.516 e. The highest BCUT2D eigenvalue weighted by Gasteiger charge is 2.62. The van der Waals surface area contributed by atoms with Crippen molar-refractivity contribution >= 4 is 11.8 Å². The van der Waals surface area contributed by atoms with E-state index in [1.165, 1.54) is 12.7 Å². The summed E-state index contributed by atoms with van der Waals surface area (Å²) in [6.07, 6.45) is 11.8. The van der Waals surface area contributed by atoms with Crippen molar-refractivity contribution in [1.29, 1.82) is 0 Å². The molecule has 0 aromatic rings. The summed E-state index contributed by atoms with van der Waals surface area (Å²) in [7, 11) is 0. The third kappa shape index (κ3) is 3.80. The van der Waals surface area contributed by atoms with Crippen molar-refractivity contribution in [3.63, 3.8) is 0 Å². The number of allylic oxidation sites excluding steroid dienone is 2. The molecule has 0 radical (unpaired) electrons. The molecule has 176 valence electrons. The zero-order valence-electron chi connectivity index (χ0n) is 20.3. The van der Waals surface area contributed by atoms with Crippen LogP contribution in [0.25, 0.3) is 0 Å². The average molecular weight is 440 g/mol. The van der Waals surface area contributed by atoms with E-state index in [4.69, 9.17) is 0 Å². The van der Waals surface area contributed by atoms with Crippen molar-refractivity contribution in [2.24, 2.45) is 52.3 Å². The minimum absolute atomic E-state index is 0.106. The van der Waals surface area contributed by atoms with E-state index in [1.54, 1.807) is 5.94 Å². The Morgan fingerprint density at radius 1 is 1.12 bits per heavy atom. The summed E-state index contributed by atoms with van der Waals surface area (Å²) in [5, 5.41) is 13.1. The Hall–Kier alpha value is -1.76. The molecule has 0 bridgehead atoms. The molecular formula is C28H41NO3. The van der Waals surface area contributed by atoms with Gasteiger partial charge >= 0.3 is 0 Å². The van der Waals surface area contributed by atoms with Crippen molar-refractivity contribution in [2.75, 3.05) is 6.54 Å². The molecule has 1 amide bonds. The summed E-state index contributed by atoms with van der Waals surface area (Å²) in [6, 6.07) is 0. The van der Waals surface area contributed by atoms with Crippen LogP contribution in [0.1, 0.15) is 79.1 Å². The lowest BCUT2D eigenvalue weighted by Crippen LogP contribution is -2.55. The van der Waals surface area contributed by atoms with Gasteiger partial charge in [0.1, 0.15) is 0 Å². The Kier molecular flexibility index (Phi) is 6.49. The van der Waals surface area contributed by atoms with Crippen molar-refractivity contribution < 1.29 is 14.7 Å². The third-order valence-electron chi connectivity index (χ3n) is 10.1. The fourth-order valence-corrected chi connectivity index (χ4v) is 8.73. The van der Waals surface area contributed by atoms with Gasteiger partial charge in [0.2, 0.25) is 5.91 Å². The summed E-state index contributed by atoms with van der Waals surface area (Å²) in [6.45, 7) is 9.90. The van der Waals surface area contributed by atoms with Crippen molar-refractivity contribution in [3.05, 3.63) is 23.6 Å². The lowest BCUT2D eigenvalue weighted by Gasteiger charge is -2.61. The van der Waals surface area contributed by atoms with Crippen LogP contribution >= 0.6 is 0 Å². The van der Waals surface area contributed by atoms with Crippen LogP contribution in [0.3, 0.4) is 0 Å². The second kappa shape index (κ2) is 8.88. The number of carbonyl (C=O) groups excluding carboxylic acids is 2. The van der Waals surface area contributed by atoms with Gasteiger partial charge in [-0.15, -0.1) is 0 Å². The van der Waals surface area contributed by atoms with Gasteiger partial charge in [0.15, 0.2) is 5.94 Å². The van der Waals surface area contributed by atoms with E-state index in [0.717, 1.165) is 57.1 Å². The molecule has 4 saturated carbocycles. The molecule has 0 aromatic carbocycles. The molecule has 4 nitrogen and oxygen atoms in total. The molecule has 8 atom stereocenters. The number of fused-ring (bicyclic) bond motifs is 5. The molecule has 0 saturated heterocycles. The summed E-state index contributed by atoms with van der Waals surface area (Å²) < 4.78 is 0. The Morgan fingerprint density at radius 3 is 2.53 bits per heavy atom. The smallest absolute Gasteiger partial charge is 0.223 e. The van der Waals surface area contributed by atoms with Crippen LogP contribution in [-0.4, -0.2) is 23.5 Å². The number of aliphatic hydroxyl groups is 1. The molecule has 0 aromatic heterocycles. The molecule has 4 heteroatoms. The van der Waals surface area contributed by atoms with E-state index in [0.29, 0.717) is 29.6 Å². The number of hydrogen-bond donors (Lipinski definition) is 2. The van der Waals surface area contributed by atoms with Gasteiger partial charge in [-0.25, -0.2) is 4.79 Å². The molecule has 32 heavy (non-hydrogen) atoms. The molecule has 0 spiro atoms. The van der Waals surface area contributed by atoms with E-state index in [1.807, 2.05) is 6.08 Å². The van der Waals surface area contributed by atoms with Crippen LogP contribution in [0, 0.1) is 52.3 Å². The molecule has 2 unspecified atom stereocenters. The summed E-state index contributed by atoms with van der Waals surface area (Å²) >= 11 is 0. The first-order chi connectivity index (χ1) is 15.2. The maximum atomic E-state index is 13.1. The lowest BCUT2D eigenvalue weighted by atomic mass is 9.43. The third-order valence-corrected chi connectivity index (χ3v) is 10.1. The predicted octanol–water partition coefficient (Wildman–Crippen LogP) is 5.63. The monoisotopic (exact) mass is 439 g/mol. The number of amides is 1. The van der Waals surface area contributed by atoms with Gasteiger partial charge < -0.3 is 10.4 Å². The maximum absolute atomic E-state index is 13.1. The van der Waals surface area contributed by atoms with Gasteiger partial charge in [-0.1, -0.05) is 27.7 Å². The van der Waals surface area contributed by atoms with Crippen molar-refractivity contribution in [3.8, 4) is 0 Å². The molecule has 0 aliphatic heterocycles. The van der Waals surface area contributed by atoms with Gasteiger partial charge in [-0.05, 0) is 115 Å². The first-order valence-electron chi connectivity index (χ1n) is 12.8. The molecule has 4 aliphatic carbocycles. The normalized spacial score (nSPS) is 44.1. The average Bonchev–Trinajstić information content (AvgIpc) is 3.12. The molecule has 4 rings (SSSR count). The number of rotatable bonds is 4. The van der Waals surface area contributed by atoms with E-state index in [-0.39, 0.29) is 28.6 Å². The highest BCUT2D eigenvalue weighted by Crippen LogP contribution is 2.68. The predicted molar refractivity (Wildman–Crippen MR) is 126 cm³/mol. The van der Waals surface area contributed by atoms with Crippen molar-refractivity contribution in [2.45, 2.75) is 79.1 Å². The molecule has 4 aliphatic rings. The van der Waals surface area contributed by atoms with Crippen LogP contribution in [0.2, 0.25) is 0 Å². The SMILES string of the molecule is CC(C)CNC(=O)[C@H]1CC[C@H]2[C@@H]3CCC4C(C=C=C=O)CC(=CO)C[C@]4(C)[C@H]3CC[C@]12C. The van der Waals surface area contributed by atoms with Gasteiger partial charge in [-0.3, -0.25) is 4.79 Å². The van der Waals surface area contributed by atoms with Gasteiger partial charge in [0, 0.05) is 12.5 Å². The van der Waals surface area contributed by atoms with Crippen LogP contribution in [0.5, 0.6) is 0 Å². The quantitative estimate of drug-likeness (QED) is 0.339. The number of carbonyl (C=O) groups is 1. The van der Waals surface area contributed by atoms with E-state index >= 15 is 0 Å². The fourth-order valence-electron chi connectivity index (χ4n) is 8.73. The Balaban J connectivity index is 1.58. The van der Waals surface area contributed by atoms with Gasteiger partial charge in [-0.2, -0.15) is 0 Å². The van der Waals surface area contributed by atoms with E-state index < -0.39 is 0 Å². The second-order valence-electron chi connectivity index (χ2n) is 12.1. The van der Waals surface area contributed by atoms with E-state index in [2.05, 4.69) is 38.7 Å². The van der Waals surface area contributed by atoms with Crippen LogP contribution < -0.4 is 5.32 Å². The molecule has 2 N–H and O–H groups in total. The van der Waals surface area contributed by atoms with Crippen molar-refractivity contribution in [1.82, 2.24) is 5.32 Å².